The summed E-state index contributed by atoms with van der Waals surface area (Å²) in [7, 11) is 0. The van der Waals surface area contributed by atoms with Gasteiger partial charge in [0, 0.05) is 62.9 Å². The Morgan fingerprint density at radius 3 is 2.45 bits per heavy atom. The Morgan fingerprint density at radius 1 is 1.12 bits per heavy atom. The van der Waals surface area contributed by atoms with Gasteiger partial charge in [0.1, 0.15) is 17.3 Å². The van der Waals surface area contributed by atoms with Crippen LogP contribution in [0.2, 0.25) is 0 Å². The van der Waals surface area contributed by atoms with Crippen LogP contribution in [-0.4, -0.2) is 64.5 Å². The maximum atomic E-state index is 14.1. The topological polar surface area (TPSA) is 115 Å². The number of hydrazone groups is 1. The van der Waals surface area contributed by atoms with Gasteiger partial charge in [-0.15, -0.1) is 0 Å². The van der Waals surface area contributed by atoms with E-state index in [0.717, 1.165) is 24.7 Å². The first kappa shape index (κ1) is 22.2. The highest BCUT2D eigenvalue weighted by Crippen LogP contribution is 2.30. The van der Waals surface area contributed by atoms with E-state index in [4.69, 9.17) is 11.1 Å². The number of nitrogens with one attached hydrogen (secondary N) is 1. The number of piperazine rings is 1. The highest BCUT2D eigenvalue weighted by molar-refractivity contribution is 6.07. The van der Waals surface area contributed by atoms with Crippen molar-refractivity contribution in [2.45, 2.75) is 12.5 Å². The maximum absolute atomic E-state index is 14.1. The molecule has 1 fully saturated rings. The van der Waals surface area contributed by atoms with E-state index in [1.807, 2.05) is 0 Å². The van der Waals surface area contributed by atoms with Gasteiger partial charge in [0.2, 0.25) is 5.95 Å². The van der Waals surface area contributed by atoms with Gasteiger partial charge in [-0.3, -0.25) is 0 Å². The van der Waals surface area contributed by atoms with E-state index < -0.39 is 23.5 Å². The quantitative estimate of drug-likeness (QED) is 0.684. The second-order valence-corrected chi connectivity index (χ2v) is 7.49. The average molecular weight is 458 g/mol. The lowest BCUT2D eigenvalue weighted by Crippen LogP contribution is -2.52. The Kier molecular flexibility index (Phi) is 6.24. The summed E-state index contributed by atoms with van der Waals surface area (Å²) in [4.78, 5) is 24.6. The number of allylic oxidation sites excluding steroid dienone is 1. The molecule has 9 nitrogen and oxygen atoms in total. The fraction of sp³-hybridized carbons (Fsp3) is 0.286. The lowest BCUT2D eigenvalue weighted by Gasteiger charge is -2.37. The van der Waals surface area contributed by atoms with Crippen molar-refractivity contribution >= 4 is 30.0 Å². The summed E-state index contributed by atoms with van der Waals surface area (Å²) in [6.45, 7) is 1.38. The molecule has 2 aliphatic rings. The number of amides is 2. The van der Waals surface area contributed by atoms with Gasteiger partial charge < -0.3 is 20.9 Å². The average Bonchev–Trinajstić information content (AvgIpc) is 3.30. The van der Waals surface area contributed by atoms with Crippen LogP contribution in [0.1, 0.15) is 23.7 Å². The lowest BCUT2D eigenvalue weighted by molar-refractivity contribution is 0.139. The first-order valence-electron chi connectivity index (χ1n) is 10.2. The highest BCUT2D eigenvalue weighted by Gasteiger charge is 2.34. The summed E-state index contributed by atoms with van der Waals surface area (Å²) in [5.74, 6) is -1.87. The SMILES string of the molecule is N=C/C(=C\N)c1nc(N2CCN(C(=O)N3N=CC[C@H]3c3cc(F)cc(F)c3)CC2)ncc1F. The first-order valence-corrected chi connectivity index (χ1v) is 10.2. The van der Waals surface area contributed by atoms with E-state index >= 15 is 0 Å². The Hall–Kier alpha value is -3.96. The van der Waals surface area contributed by atoms with Gasteiger partial charge in [-0.2, -0.15) is 5.10 Å². The van der Waals surface area contributed by atoms with Crippen LogP contribution in [0.3, 0.4) is 0 Å². The minimum atomic E-state index is -0.716. The van der Waals surface area contributed by atoms with Crippen LogP contribution >= 0.6 is 0 Å². The van der Waals surface area contributed by atoms with Gasteiger partial charge >= 0.3 is 6.03 Å². The number of anilines is 1. The third kappa shape index (κ3) is 4.49. The number of benzene rings is 1. The summed E-state index contributed by atoms with van der Waals surface area (Å²) in [6, 6.07) is 2.20. The monoisotopic (exact) mass is 458 g/mol. The minimum absolute atomic E-state index is 0.0763. The van der Waals surface area contributed by atoms with E-state index in [1.165, 1.54) is 17.1 Å². The van der Waals surface area contributed by atoms with Gasteiger partial charge in [-0.05, 0) is 17.7 Å². The second kappa shape index (κ2) is 9.27. The number of carbonyl (C=O) groups excluding carboxylic acids is 1. The molecule has 0 spiro atoms. The predicted molar refractivity (Wildman–Crippen MR) is 116 cm³/mol. The van der Waals surface area contributed by atoms with Crippen molar-refractivity contribution in [1.29, 1.82) is 5.41 Å². The van der Waals surface area contributed by atoms with Gasteiger partial charge in [0.15, 0.2) is 5.82 Å². The number of nitrogens with zero attached hydrogens (tertiary/aromatic N) is 6. The van der Waals surface area contributed by atoms with E-state index in [2.05, 4.69) is 15.1 Å². The molecule has 0 radical (unpaired) electrons. The molecule has 1 aromatic heterocycles. The Bertz CT molecular complexity index is 1110. The normalized spacial score (nSPS) is 18.7. The lowest BCUT2D eigenvalue weighted by atomic mass is 10.0. The minimum Gasteiger partial charge on any atom is -0.404 e. The first-order chi connectivity index (χ1) is 15.9. The molecule has 1 aromatic carbocycles. The van der Waals surface area contributed by atoms with Crippen molar-refractivity contribution in [2.75, 3.05) is 31.1 Å². The number of hydrogen-bond donors (Lipinski definition) is 2. The number of carbonyl (C=O) groups is 1. The molecular formula is C21H21F3N8O. The predicted octanol–water partition coefficient (Wildman–Crippen LogP) is 2.52. The summed E-state index contributed by atoms with van der Waals surface area (Å²) < 4.78 is 41.4. The zero-order chi connectivity index (χ0) is 23.5. The summed E-state index contributed by atoms with van der Waals surface area (Å²) in [5.41, 5.74) is 5.82. The molecule has 4 rings (SSSR count). The molecule has 0 bridgehead atoms. The van der Waals surface area contributed by atoms with E-state index in [9.17, 15) is 18.0 Å². The molecule has 1 atom stereocenters. The third-order valence-electron chi connectivity index (χ3n) is 5.47. The Morgan fingerprint density at radius 2 is 1.82 bits per heavy atom. The van der Waals surface area contributed by atoms with Crippen LogP contribution in [0, 0.1) is 22.9 Å². The van der Waals surface area contributed by atoms with Crippen LogP contribution in [0.25, 0.3) is 5.57 Å². The summed E-state index contributed by atoms with van der Waals surface area (Å²) in [6.07, 6.45) is 4.91. The van der Waals surface area contributed by atoms with Crippen LogP contribution < -0.4 is 10.6 Å². The molecule has 1 saturated heterocycles. The molecule has 2 aromatic rings. The molecule has 33 heavy (non-hydrogen) atoms. The van der Waals surface area contributed by atoms with Crippen LogP contribution in [0.5, 0.6) is 0 Å². The molecule has 0 unspecified atom stereocenters. The summed E-state index contributed by atoms with van der Waals surface area (Å²) in [5, 5.41) is 12.7. The second-order valence-electron chi connectivity index (χ2n) is 7.49. The Labute approximate surface area is 187 Å². The summed E-state index contributed by atoms with van der Waals surface area (Å²) >= 11 is 0. The molecule has 2 amide bonds. The molecule has 3 N–H and O–H groups in total. The standard InChI is InChI=1S/C21H21F3N8O/c22-15-7-13(8-16(23)9-15)18-1-2-28-32(18)21(33)31-5-3-30(4-6-31)20-27-12-17(24)19(29-20)14(10-25)11-26/h2,7-12,18,25H,1,3-6,26H2/b14-11+,25-10?/t18-/m0/s1. The van der Waals surface area contributed by atoms with Gasteiger partial charge in [0.25, 0.3) is 0 Å². The molecule has 0 saturated carbocycles. The smallest absolute Gasteiger partial charge is 0.341 e. The van der Waals surface area contributed by atoms with Gasteiger partial charge in [0.05, 0.1) is 12.2 Å². The van der Waals surface area contributed by atoms with Gasteiger partial charge in [-0.25, -0.2) is 32.9 Å². The van der Waals surface area contributed by atoms with Crippen molar-refractivity contribution < 1.29 is 18.0 Å². The van der Waals surface area contributed by atoms with Crippen LogP contribution in [0.4, 0.5) is 23.9 Å². The number of nitrogens with two attached hydrogens (primary N) is 1. The van der Waals surface area contributed by atoms with Crippen LogP contribution in [0.15, 0.2) is 35.7 Å². The van der Waals surface area contributed by atoms with E-state index in [1.54, 1.807) is 16.0 Å². The molecule has 2 aliphatic heterocycles. The van der Waals surface area contributed by atoms with Crippen molar-refractivity contribution in [2.24, 2.45) is 10.8 Å². The molecule has 172 valence electrons. The molecule has 0 aliphatic carbocycles. The maximum Gasteiger partial charge on any atom is 0.341 e. The van der Waals surface area contributed by atoms with E-state index in [-0.39, 0.29) is 23.2 Å². The number of aromatic nitrogens is 2. The number of rotatable bonds is 4. The Balaban J connectivity index is 1.45. The number of halogens is 3. The van der Waals surface area contributed by atoms with Crippen molar-refractivity contribution in [3.05, 3.63) is 59.3 Å². The number of hydrogen-bond acceptors (Lipinski definition) is 7. The largest absolute Gasteiger partial charge is 0.404 e. The fourth-order valence-electron chi connectivity index (χ4n) is 3.79. The highest BCUT2D eigenvalue weighted by atomic mass is 19.1. The van der Waals surface area contributed by atoms with Gasteiger partial charge in [-0.1, -0.05) is 0 Å². The molecule has 3 heterocycles. The van der Waals surface area contributed by atoms with Crippen molar-refractivity contribution in [3.8, 4) is 0 Å². The fourth-order valence-corrected chi connectivity index (χ4v) is 3.79. The van der Waals surface area contributed by atoms with Crippen LogP contribution in [-0.2, 0) is 0 Å². The molecule has 12 heteroatoms. The van der Waals surface area contributed by atoms with Crippen molar-refractivity contribution in [3.63, 3.8) is 0 Å². The van der Waals surface area contributed by atoms with Crippen molar-refractivity contribution in [1.82, 2.24) is 19.9 Å². The zero-order valence-corrected chi connectivity index (χ0v) is 17.5. The zero-order valence-electron chi connectivity index (χ0n) is 17.5. The number of urea groups is 1. The third-order valence-corrected chi connectivity index (χ3v) is 5.47. The van der Waals surface area contributed by atoms with E-state index in [0.29, 0.717) is 38.2 Å². The molecular weight excluding hydrogens is 437 g/mol.